The van der Waals surface area contributed by atoms with Gasteiger partial charge in [-0.3, -0.25) is 0 Å². The van der Waals surface area contributed by atoms with E-state index in [4.69, 9.17) is 72.0 Å². The van der Waals surface area contributed by atoms with E-state index in [1.807, 2.05) is 0 Å². The first kappa shape index (κ1) is 61.7. The molecule has 21 aliphatic rings. The highest BCUT2D eigenvalue weighted by Gasteiger charge is 2.59. The normalized spacial score (nSPS) is 55.4. The first-order valence-corrected chi connectivity index (χ1v) is 24.7. The van der Waals surface area contributed by atoms with Crippen LogP contribution in [-0.4, -0.2) is 363 Å². The average Bonchev–Trinajstić information content (AvgIpc) is 3.46. The SMILES string of the molecule is NC1C(O)C2OC(CO)C1OC1OC(CO)C(OC3OC(CO)C(OC4OC(CO)C(OC5OC(CO)C(OC6OC(CO)C(OC7OC(CO)C(O2)C(O)C7O)C(O)C6O)C(O)C5O)C(O)C4O)C(O)C3O)C(O)C1O. The van der Waals surface area contributed by atoms with E-state index < -0.39 is 261 Å². The number of aliphatic hydroxyl groups excluding tert-OH is 20. The summed E-state index contributed by atoms with van der Waals surface area (Å²) in [5.41, 5.74) is 6.35. The van der Waals surface area contributed by atoms with Crippen LogP contribution in [0, 0.1) is 0 Å². The second-order valence-corrected chi connectivity index (χ2v) is 19.7. The van der Waals surface area contributed by atoms with Crippen LogP contribution in [0.25, 0.3) is 0 Å². The molecule has 22 N–H and O–H groups in total. The van der Waals surface area contributed by atoms with Crippen molar-refractivity contribution in [2.45, 2.75) is 215 Å². The van der Waals surface area contributed by atoms with Crippen LogP contribution in [0.1, 0.15) is 0 Å². The highest BCUT2D eigenvalue weighted by atomic mass is 16.8. The van der Waals surface area contributed by atoms with E-state index in [9.17, 15) is 102 Å². The molecule has 35 atom stereocenters. The highest BCUT2D eigenvalue weighted by molar-refractivity contribution is 5.02. The fourth-order valence-electron chi connectivity index (χ4n) is 10.5. The van der Waals surface area contributed by atoms with Crippen LogP contribution in [-0.2, 0) is 66.3 Å². The summed E-state index contributed by atoms with van der Waals surface area (Å²) in [6.45, 7) is -7.15. The molecule has 448 valence electrons. The predicted octanol–water partition coefficient (Wildman–Crippen LogP) is -15.3. The zero-order valence-corrected chi connectivity index (χ0v) is 40.4. The summed E-state index contributed by atoms with van der Waals surface area (Å²) in [4.78, 5) is 0. The Balaban J connectivity index is 1.08. The molecule has 35 heteroatoms. The van der Waals surface area contributed by atoms with Gasteiger partial charge in [-0.2, -0.15) is 0 Å². The molecule has 0 aliphatic carbocycles. The molecule has 77 heavy (non-hydrogen) atoms. The maximum absolute atomic E-state index is 11.4. The summed E-state index contributed by atoms with van der Waals surface area (Å²) in [7, 11) is 0. The van der Waals surface area contributed by atoms with Gasteiger partial charge in [-0.15, -0.1) is 0 Å². The van der Waals surface area contributed by atoms with Crippen molar-refractivity contribution >= 4 is 0 Å². The third-order valence-electron chi connectivity index (χ3n) is 14.9. The van der Waals surface area contributed by atoms with Gasteiger partial charge in [0.25, 0.3) is 0 Å². The van der Waals surface area contributed by atoms with Gasteiger partial charge >= 0.3 is 0 Å². The molecule has 21 aliphatic heterocycles. The Bertz CT molecular complexity index is 1470. The molecule has 0 amide bonds. The lowest BCUT2D eigenvalue weighted by atomic mass is 9.94. The third-order valence-corrected chi connectivity index (χ3v) is 14.9. The maximum atomic E-state index is 11.4. The number of nitrogens with two attached hydrogens (primary N) is 1. The lowest BCUT2D eigenvalue weighted by Gasteiger charge is -2.50. The Labute approximate surface area is 434 Å². The van der Waals surface area contributed by atoms with Gasteiger partial charge < -0.3 is 174 Å². The maximum Gasteiger partial charge on any atom is 0.187 e. The van der Waals surface area contributed by atoms with E-state index in [-0.39, 0.29) is 0 Å². The topological polar surface area (TPSA) is 560 Å². The zero-order valence-electron chi connectivity index (χ0n) is 40.4. The van der Waals surface area contributed by atoms with Crippen LogP contribution in [0.5, 0.6) is 0 Å². The Morgan fingerprint density at radius 3 is 0.506 bits per heavy atom. The van der Waals surface area contributed by atoms with Crippen molar-refractivity contribution in [3.63, 3.8) is 0 Å². The number of hydrogen-bond donors (Lipinski definition) is 21. The summed E-state index contributed by atoms with van der Waals surface area (Å²) in [5, 5.41) is 219. The summed E-state index contributed by atoms with van der Waals surface area (Å²) in [6, 6.07) is -1.67. The summed E-state index contributed by atoms with van der Waals surface area (Å²) < 4.78 is 79.9. The smallest absolute Gasteiger partial charge is 0.187 e. The molecule has 0 radical (unpaired) electrons. The Morgan fingerprint density at radius 1 is 0.195 bits per heavy atom. The fourth-order valence-corrected chi connectivity index (χ4v) is 10.5. The van der Waals surface area contributed by atoms with Gasteiger partial charge in [0, 0.05) is 0 Å². The number of ether oxygens (including phenoxy) is 14. The summed E-state index contributed by atoms with van der Waals surface area (Å²) in [6.07, 6.45) is -66.7. The molecule has 14 bridgehead atoms. The number of aliphatic hydroxyl groups is 20. The minimum atomic E-state index is -2.20. The molecule has 21 saturated heterocycles. The molecule has 21 fully saturated rings. The molecule has 21 rings (SSSR count). The molecule has 0 spiro atoms. The molecule has 0 aromatic rings. The zero-order chi connectivity index (χ0) is 56.1. The van der Waals surface area contributed by atoms with Crippen molar-refractivity contribution in [1.29, 1.82) is 0 Å². The molecular weight excluding hydrogens is 1060 g/mol. The molecule has 35 unspecified atom stereocenters. The van der Waals surface area contributed by atoms with Crippen LogP contribution < -0.4 is 5.73 Å². The first-order valence-electron chi connectivity index (χ1n) is 24.7. The van der Waals surface area contributed by atoms with E-state index in [0.717, 1.165) is 0 Å². The van der Waals surface area contributed by atoms with E-state index in [2.05, 4.69) is 0 Å². The lowest BCUT2D eigenvalue weighted by Crippen LogP contribution is -2.69. The summed E-state index contributed by atoms with van der Waals surface area (Å²) in [5.74, 6) is 0. The van der Waals surface area contributed by atoms with Crippen LogP contribution in [0.3, 0.4) is 0 Å². The number of rotatable bonds is 7. The quantitative estimate of drug-likeness (QED) is 0.113. The Kier molecular flexibility index (Phi) is 20.8. The van der Waals surface area contributed by atoms with Crippen LogP contribution in [0.2, 0.25) is 0 Å². The Hall–Kier alpha value is -1.40. The molecule has 0 saturated carbocycles. The van der Waals surface area contributed by atoms with Crippen molar-refractivity contribution in [3.8, 4) is 0 Å². The third kappa shape index (κ3) is 12.1. The molecule has 0 aromatic carbocycles. The van der Waals surface area contributed by atoms with Gasteiger partial charge in [0.15, 0.2) is 44.0 Å². The largest absolute Gasteiger partial charge is 0.394 e. The summed E-state index contributed by atoms with van der Waals surface area (Å²) >= 11 is 0. The molecule has 35 nitrogen and oxygen atoms in total. The van der Waals surface area contributed by atoms with Crippen molar-refractivity contribution in [1.82, 2.24) is 0 Å². The predicted molar refractivity (Wildman–Crippen MR) is 230 cm³/mol. The minimum Gasteiger partial charge on any atom is -0.394 e. The minimum absolute atomic E-state index is 0.967. The lowest BCUT2D eigenvalue weighted by molar-refractivity contribution is -0.396. The molecule has 21 heterocycles. The van der Waals surface area contributed by atoms with Gasteiger partial charge in [0.1, 0.15) is 165 Å². The molecule has 0 aromatic heterocycles. The van der Waals surface area contributed by atoms with E-state index in [1.165, 1.54) is 0 Å². The van der Waals surface area contributed by atoms with Gasteiger partial charge in [0.05, 0.1) is 52.3 Å². The van der Waals surface area contributed by atoms with Crippen molar-refractivity contribution in [2.75, 3.05) is 46.2 Å². The first-order chi connectivity index (χ1) is 36.7. The van der Waals surface area contributed by atoms with Gasteiger partial charge in [-0.1, -0.05) is 0 Å². The van der Waals surface area contributed by atoms with E-state index >= 15 is 0 Å². The second-order valence-electron chi connectivity index (χ2n) is 19.7. The van der Waals surface area contributed by atoms with Gasteiger partial charge in [0.2, 0.25) is 0 Å². The second kappa shape index (κ2) is 26.0. The standard InChI is InChI=1S/C42H71NO34/c43-15-16(51)36-64-8(1-44)29(15)71-37-23(58)17(52)31(10(3-46)65-37)73-39-25(60)19(54)33(12(5-48)67-39)75-41-27(62)21(56)35(14(7-50)69-41)77-42-28(63)22(57)34(13(6-49)70-42)76-40-26(61)20(55)32(11(4-47)68-40)74-38-24(59)18(53)30(72-36)9(2-45)66-38/h8-42,44-63H,1-7,43H2. The van der Waals surface area contributed by atoms with Gasteiger partial charge in [-0.05, 0) is 0 Å². The van der Waals surface area contributed by atoms with Crippen molar-refractivity contribution in [3.05, 3.63) is 0 Å². The van der Waals surface area contributed by atoms with E-state index in [1.54, 1.807) is 0 Å². The fraction of sp³-hybridized carbons (Fsp3) is 1.00. The number of hydrogen-bond acceptors (Lipinski definition) is 35. The van der Waals surface area contributed by atoms with Crippen LogP contribution in [0.4, 0.5) is 0 Å². The van der Waals surface area contributed by atoms with Crippen LogP contribution >= 0.6 is 0 Å². The monoisotopic (exact) mass is 1130 g/mol. The van der Waals surface area contributed by atoms with Crippen molar-refractivity contribution < 1.29 is 168 Å². The van der Waals surface area contributed by atoms with Crippen molar-refractivity contribution in [2.24, 2.45) is 5.73 Å². The van der Waals surface area contributed by atoms with Gasteiger partial charge in [-0.25, -0.2) is 0 Å². The van der Waals surface area contributed by atoms with E-state index in [0.29, 0.717) is 0 Å². The van der Waals surface area contributed by atoms with Crippen LogP contribution in [0.15, 0.2) is 0 Å². The molecular formula is C42H71NO34. The average molecular weight is 1130 g/mol. The highest BCUT2D eigenvalue weighted by Crippen LogP contribution is 2.38. The Morgan fingerprint density at radius 2 is 0.338 bits per heavy atom.